The Morgan fingerprint density at radius 1 is 1.11 bits per heavy atom. The minimum atomic E-state index is 0.634. The molecule has 3 rings (SSSR count). The highest BCUT2D eigenvalue weighted by molar-refractivity contribution is 5.42. The molecule has 2 N–H and O–H groups in total. The van der Waals surface area contributed by atoms with Gasteiger partial charge >= 0.3 is 0 Å². The maximum atomic E-state index is 6.39. The molecule has 3 heteroatoms. The van der Waals surface area contributed by atoms with Gasteiger partial charge in [-0.3, -0.25) is 0 Å². The minimum absolute atomic E-state index is 0.634. The molecule has 0 aliphatic heterocycles. The van der Waals surface area contributed by atoms with Crippen molar-refractivity contribution < 1.29 is 0 Å². The van der Waals surface area contributed by atoms with Gasteiger partial charge in [0, 0.05) is 18.4 Å². The van der Waals surface area contributed by atoms with Gasteiger partial charge in [-0.1, -0.05) is 26.2 Å². The van der Waals surface area contributed by atoms with Crippen LogP contribution >= 0.6 is 0 Å². The monoisotopic (exact) mass is 247 g/mol. The minimum Gasteiger partial charge on any atom is -0.384 e. The molecule has 18 heavy (non-hydrogen) atoms. The van der Waals surface area contributed by atoms with Gasteiger partial charge in [-0.15, -0.1) is 0 Å². The van der Waals surface area contributed by atoms with E-state index in [1.165, 1.54) is 56.5 Å². The number of rotatable bonds is 4. The number of hydrogen-bond donors (Lipinski definition) is 1. The lowest BCUT2D eigenvalue weighted by Gasteiger charge is -2.20. The van der Waals surface area contributed by atoms with Gasteiger partial charge in [-0.05, 0) is 32.1 Å². The summed E-state index contributed by atoms with van der Waals surface area (Å²) < 4.78 is 2.31. The fourth-order valence-corrected chi connectivity index (χ4v) is 3.29. The molecule has 1 aromatic heterocycles. The Balaban J connectivity index is 1.90. The summed E-state index contributed by atoms with van der Waals surface area (Å²) >= 11 is 0. The third kappa shape index (κ3) is 2.15. The second kappa shape index (κ2) is 4.94. The molecule has 2 aliphatic rings. The van der Waals surface area contributed by atoms with Crippen LogP contribution < -0.4 is 5.73 Å². The molecule has 2 fully saturated rings. The SMILES string of the molecule is CCCn1c(C2CC2)nc(C2CCCCC2)c1N. The summed E-state index contributed by atoms with van der Waals surface area (Å²) in [5.41, 5.74) is 7.61. The van der Waals surface area contributed by atoms with E-state index < -0.39 is 0 Å². The fourth-order valence-electron chi connectivity index (χ4n) is 3.29. The van der Waals surface area contributed by atoms with Gasteiger partial charge < -0.3 is 10.3 Å². The van der Waals surface area contributed by atoms with E-state index in [0.717, 1.165) is 18.8 Å². The van der Waals surface area contributed by atoms with Gasteiger partial charge in [0.05, 0.1) is 5.69 Å². The lowest BCUT2D eigenvalue weighted by Crippen LogP contribution is -2.09. The largest absolute Gasteiger partial charge is 0.384 e. The van der Waals surface area contributed by atoms with E-state index in [9.17, 15) is 0 Å². The maximum Gasteiger partial charge on any atom is 0.127 e. The predicted octanol–water partition coefficient (Wildman–Crippen LogP) is 3.80. The number of imidazole rings is 1. The highest BCUT2D eigenvalue weighted by Crippen LogP contribution is 2.43. The van der Waals surface area contributed by atoms with Crippen LogP contribution in [0.2, 0.25) is 0 Å². The smallest absolute Gasteiger partial charge is 0.127 e. The second-order valence-electron chi connectivity index (χ2n) is 6.00. The Morgan fingerprint density at radius 2 is 1.83 bits per heavy atom. The molecular weight excluding hydrogens is 222 g/mol. The van der Waals surface area contributed by atoms with Crippen molar-refractivity contribution in [1.82, 2.24) is 9.55 Å². The molecule has 0 saturated heterocycles. The Morgan fingerprint density at radius 3 is 2.44 bits per heavy atom. The summed E-state index contributed by atoms with van der Waals surface area (Å²) in [5.74, 6) is 3.60. The van der Waals surface area contributed by atoms with Gasteiger partial charge in [0.1, 0.15) is 11.6 Å². The van der Waals surface area contributed by atoms with E-state index in [1.54, 1.807) is 0 Å². The van der Waals surface area contributed by atoms with Gasteiger partial charge in [-0.2, -0.15) is 0 Å². The first-order valence-corrected chi connectivity index (χ1v) is 7.67. The highest BCUT2D eigenvalue weighted by atomic mass is 15.2. The van der Waals surface area contributed by atoms with E-state index in [1.807, 2.05) is 0 Å². The second-order valence-corrected chi connectivity index (χ2v) is 6.00. The number of aromatic nitrogens is 2. The Hall–Kier alpha value is -0.990. The van der Waals surface area contributed by atoms with E-state index in [4.69, 9.17) is 10.7 Å². The molecule has 0 bridgehead atoms. The molecule has 100 valence electrons. The molecule has 0 spiro atoms. The summed E-state index contributed by atoms with van der Waals surface area (Å²) in [6.07, 6.45) is 10.4. The first kappa shape index (κ1) is 12.1. The van der Waals surface area contributed by atoms with Gasteiger partial charge in [0.2, 0.25) is 0 Å². The quantitative estimate of drug-likeness (QED) is 0.879. The van der Waals surface area contributed by atoms with Crippen molar-refractivity contribution in [3.05, 3.63) is 11.5 Å². The molecular formula is C15H25N3. The number of hydrogen-bond acceptors (Lipinski definition) is 2. The molecule has 0 aromatic carbocycles. The third-order valence-corrected chi connectivity index (χ3v) is 4.45. The summed E-state index contributed by atoms with van der Waals surface area (Å²) in [6, 6.07) is 0. The normalized spacial score (nSPS) is 21.4. The Bertz CT molecular complexity index is 412. The fraction of sp³-hybridized carbons (Fsp3) is 0.800. The molecule has 3 nitrogen and oxygen atoms in total. The van der Waals surface area contributed by atoms with Crippen molar-refractivity contribution >= 4 is 5.82 Å². The zero-order valence-electron chi connectivity index (χ0n) is 11.5. The molecule has 0 radical (unpaired) electrons. The molecule has 1 aromatic rings. The maximum absolute atomic E-state index is 6.39. The van der Waals surface area contributed by atoms with Crippen molar-refractivity contribution in [2.45, 2.75) is 76.7 Å². The van der Waals surface area contributed by atoms with Crippen LogP contribution in [0.25, 0.3) is 0 Å². The van der Waals surface area contributed by atoms with Crippen LogP contribution in [0.3, 0.4) is 0 Å². The first-order chi connectivity index (χ1) is 8.81. The van der Waals surface area contributed by atoms with Crippen molar-refractivity contribution in [3.63, 3.8) is 0 Å². The van der Waals surface area contributed by atoms with E-state index in [-0.39, 0.29) is 0 Å². The molecule has 0 atom stereocenters. The lowest BCUT2D eigenvalue weighted by atomic mass is 9.87. The summed E-state index contributed by atoms with van der Waals surface area (Å²) in [6.45, 7) is 3.26. The van der Waals surface area contributed by atoms with E-state index >= 15 is 0 Å². The van der Waals surface area contributed by atoms with Crippen LogP contribution in [0, 0.1) is 0 Å². The van der Waals surface area contributed by atoms with Crippen molar-refractivity contribution in [2.24, 2.45) is 0 Å². The molecule has 2 aliphatic carbocycles. The van der Waals surface area contributed by atoms with Gasteiger partial charge in [-0.25, -0.2) is 4.98 Å². The van der Waals surface area contributed by atoms with E-state index in [2.05, 4.69) is 11.5 Å². The van der Waals surface area contributed by atoms with E-state index in [0.29, 0.717) is 11.8 Å². The topological polar surface area (TPSA) is 43.8 Å². The molecule has 2 saturated carbocycles. The van der Waals surface area contributed by atoms with Crippen LogP contribution in [-0.2, 0) is 6.54 Å². The van der Waals surface area contributed by atoms with Crippen molar-refractivity contribution in [1.29, 1.82) is 0 Å². The number of nitrogens with zero attached hydrogens (tertiary/aromatic N) is 2. The number of nitrogens with two attached hydrogens (primary N) is 1. The standard InChI is InChI=1S/C15H25N3/c1-2-10-18-14(16)13(11-6-4-3-5-7-11)17-15(18)12-8-9-12/h11-12H,2-10,16H2,1H3. The van der Waals surface area contributed by atoms with Crippen molar-refractivity contribution in [3.8, 4) is 0 Å². The zero-order valence-corrected chi connectivity index (χ0v) is 11.5. The summed E-state index contributed by atoms with van der Waals surface area (Å²) in [7, 11) is 0. The molecule has 0 amide bonds. The molecule has 1 heterocycles. The van der Waals surface area contributed by atoms with Crippen LogP contribution in [0.1, 0.15) is 81.6 Å². The number of anilines is 1. The third-order valence-electron chi connectivity index (χ3n) is 4.45. The lowest BCUT2D eigenvalue weighted by molar-refractivity contribution is 0.438. The average Bonchev–Trinajstić information content (AvgIpc) is 3.19. The highest BCUT2D eigenvalue weighted by Gasteiger charge is 2.32. The predicted molar refractivity (Wildman–Crippen MR) is 74.7 cm³/mol. The van der Waals surface area contributed by atoms with Gasteiger partial charge in [0.15, 0.2) is 0 Å². The van der Waals surface area contributed by atoms with Gasteiger partial charge in [0.25, 0.3) is 0 Å². The summed E-state index contributed by atoms with van der Waals surface area (Å²) in [4.78, 5) is 4.95. The first-order valence-electron chi connectivity index (χ1n) is 7.67. The van der Waals surface area contributed by atoms with Crippen LogP contribution in [-0.4, -0.2) is 9.55 Å². The van der Waals surface area contributed by atoms with Crippen LogP contribution in [0.5, 0.6) is 0 Å². The average molecular weight is 247 g/mol. The zero-order chi connectivity index (χ0) is 12.5. The van der Waals surface area contributed by atoms with Crippen LogP contribution in [0.4, 0.5) is 5.82 Å². The summed E-state index contributed by atoms with van der Waals surface area (Å²) in [5, 5.41) is 0. The Labute approximate surface area is 110 Å². The van der Waals surface area contributed by atoms with Crippen LogP contribution in [0.15, 0.2) is 0 Å². The molecule has 0 unspecified atom stereocenters. The van der Waals surface area contributed by atoms with Crippen molar-refractivity contribution in [2.75, 3.05) is 5.73 Å². The number of nitrogen functional groups attached to an aromatic ring is 1. The Kier molecular flexibility index (Phi) is 3.31.